The summed E-state index contributed by atoms with van der Waals surface area (Å²) in [4.78, 5) is 17.7. The van der Waals surface area contributed by atoms with Crippen LogP contribution in [0.2, 0.25) is 0 Å². The summed E-state index contributed by atoms with van der Waals surface area (Å²) in [6, 6.07) is 29.6. The fraction of sp³-hybridized carbons (Fsp3) is 0.0976. The summed E-state index contributed by atoms with van der Waals surface area (Å²) in [6.07, 6.45) is 10.1. The van der Waals surface area contributed by atoms with E-state index in [1.165, 1.54) is 0 Å². The van der Waals surface area contributed by atoms with Gasteiger partial charge in [-0.2, -0.15) is 0 Å². The Labute approximate surface area is 272 Å². The van der Waals surface area contributed by atoms with Crippen LogP contribution in [-0.2, 0) is 0 Å². The maximum Gasteiger partial charge on any atom is 0.274 e. The largest absolute Gasteiger partial charge is 0.274 e. The fourth-order valence-corrected chi connectivity index (χ4v) is 8.47. The van der Waals surface area contributed by atoms with Crippen LogP contribution in [0.25, 0.3) is 75.7 Å². The number of pyridine rings is 1. The molecule has 0 aliphatic heterocycles. The number of fused-ring (bicyclic) bond motifs is 6. The molecular formula is C41H35NOS2. The number of hydrogen-bond donors (Lipinski definition) is 0. The van der Waals surface area contributed by atoms with Crippen molar-refractivity contribution in [3.63, 3.8) is 0 Å². The Morgan fingerprint density at radius 1 is 0.711 bits per heavy atom. The van der Waals surface area contributed by atoms with Crippen LogP contribution in [0.1, 0.15) is 43.7 Å². The molecule has 0 saturated carbocycles. The van der Waals surface area contributed by atoms with Crippen LogP contribution in [0, 0.1) is 0 Å². The second-order valence-electron chi connectivity index (χ2n) is 10.4. The van der Waals surface area contributed by atoms with Crippen LogP contribution in [0.4, 0.5) is 0 Å². The molecule has 7 aromatic rings. The summed E-state index contributed by atoms with van der Waals surface area (Å²) in [6.45, 7) is 16.3. The van der Waals surface area contributed by atoms with Gasteiger partial charge in [0.1, 0.15) is 9.53 Å². The van der Waals surface area contributed by atoms with E-state index >= 15 is 0 Å². The maximum atomic E-state index is 14.5. The summed E-state index contributed by atoms with van der Waals surface area (Å²) >= 11 is 3.23. The topological polar surface area (TPSA) is 22.0 Å². The molecule has 0 radical (unpaired) electrons. The lowest BCUT2D eigenvalue weighted by Gasteiger charge is -2.15. The zero-order valence-corrected chi connectivity index (χ0v) is 27.7. The van der Waals surface area contributed by atoms with Gasteiger partial charge >= 0.3 is 0 Å². The Bertz CT molecular complexity index is 2360. The van der Waals surface area contributed by atoms with Crippen molar-refractivity contribution in [1.29, 1.82) is 0 Å². The second kappa shape index (κ2) is 12.7. The molecule has 0 bridgehead atoms. The lowest BCUT2D eigenvalue weighted by atomic mass is 9.91. The molecule has 0 aliphatic rings. The van der Waals surface area contributed by atoms with Crippen molar-refractivity contribution >= 4 is 82.2 Å². The average molecular weight is 622 g/mol. The van der Waals surface area contributed by atoms with Gasteiger partial charge in [0.25, 0.3) is 5.56 Å². The molecule has 222 valence electrons. The van der Waals surface area contributed by atoms with Gasteiger partial charge in [0, 0.05) is 20.5 Å². The zero-order valence-electron chi connectivity index (χ0n) is 26.1. The molecule has 3 heterocycles. The van der Waals surface area contributed by atoms with Crippen molar-refractivity contribution in [1.82, 2.24) is 4.57 Å². The summed E-state index contributed by atoms with van der Waals surface area (Å²) in [7, 11) is 0. The molecule has 0 amide bonds. The van der Waals surface area contributed by atoms with E-state index < -0.39 is 0 Å². The van der Waals surface area contributed by atoms with E-state index in [1.54, 1.807) is 22.7 Å². The Kier molecular flexibility index (Phi) is 8.53. The van der Waals surface area contributed by atoms with Gasteiger partial charge in [-0.15, -0.1) is 22.7 Å². The van der Waals surface area contributed by atoms with Crippen LogP contribution in [-0.4, -0.2) is 4.57 Å². The molecular weight excluding hydrogens is 587 g/mol. The van der Waals surface area contributed by atoms with E-state index in [4.69, 9.17) is 0 Å². The van der Waals surface area contributed by atoms with E-state index in [1.807, 2.05) is 56.6 Å². The number of aromatic nitrogens is 1. The average Bonchev–Trinajstić information content (AvgIpc) is 3.74. The summed E-state index contributed by atoms with van der Waals surface area (Å²) < 4.78 is 2.67. The molecule has 0 atom stereocenters. The van der Waals surface area contributed by atoms with Gasteiger partial charge in [0.2, 0.25) is 0 Å². The van der Waals surface area contributed by atoms with E-state index in [0.717, 1.165) is 79.6 Å². The Balaban J connectivity index is 0.00000175. The van der Waals surface area contributed by atoms with Crippen LogP contribution in [0.5, 0.6) is 0 Å². The van der Waals surface area contributed by atoms with Gasteiger partial charge < -0.3 is 0 Å². The van der Waals surface area contributed by atoms with Crippen LogP contribution >= 0.6 is 22.7 Å². The monoisotopic (exact) mass is 621 g/mol. The summed E-state index contributed by atoms with van der Waals surface area (Å²) in [5.41, 5.74) is 5.18. The van der Waals surface area contributed by atoms with E-state index in [-0.39, 0.29) is 5.56 Å². The summed E-state index contributed by atoms with van der Waals surface area (Å²) in [5.74, 6) is 0. The normalized spacial score (nSPS) is 11.9. The highest BCUT2D eigenvalue weighted by atomic mass is 32.1. The van der Waals surface area contributed by atoms with Gasteiger partial charge in [-0.1, -0.05) is 118 Å². The third kappa shape index (κ3) is 5.01. The third-order valence-electron chi connectivity index (χ3n) is 8.09. The Morgan fingerprint density at radius 3 is 2.07 bits per heavy atom. The minimum Gasteiger partial charge on any atom is -0.267 e. The number of allylic oxidation sites excluding steroid dienone is 4. The number of thiophene rings is 2. The minimum absolute atomic E-state index is 0.000351. The molecule has 0 spiro atoms. The SMILES string of the molecule is C=Cc1c(C=C)c2cc(-n3c(=O)c4sc(C(/C=C\C)=C/C)cc4c4cc(-c5ccccc5)sc43)ccc2c2ccccc12.CC. The molecule has 2 nitrogen and oxygen atoms in total. The molecule has 0 N–H and O–H groups in total. The first-order valence-electron chi connectivity index (χ1n) is 15.3. The second-order valence-corrected chi connectivity index (χ2v) is 12.5. The highest BCUT2D eigenvalue weighted by Gasteiger charge is 2.20. The quantitative estimate of drug-likeness (QED) is 0.134. The highest BCUT2D eigenvalue weighted by Crippen LogP contribution is 2.42. The molecule has 0 unspecified atom stereocenters. The van der Waals surface area contributed by atoms with E-state index in [9.17, 15) is 4.79 Å². The lowest BCUT2D eigenvalue weighted by Crippen LogP contribution is -2.17. The Hall–Kier alpha value is -4.77. The first-order valence-corrected chi connectivity index (χ1v) is 16.9. The van der Waals surface area contributed by atoms with Gasteiger partial charge in [-0.25, -0.2) is 0 Å². The molecule has 0 aliphatic carbocycles. The van der Waals surface area contributed by atoms with Crippen molar-refractivity contribution in [2.45, 2.75) is 27.7 Å². The van der Waals surface area contributed by atoms with Crippen LogP contribution in [0.15, 0.2) is 121 Å². The zero-order chi connectivity index (χ0) is 31.7. The fourth-order valence-electron chi connectivity index (χ4n) is 6.12. The smallest absolute Gasteiger partial charge is 0.267 e. The van der Waals surface area contributed by atoms with Crippen molar-refractivity contribution in [3.8, 4) is 16.1 Å². The first-order chi connectivity index (χ1) is 22.1. The number of hydrogen-bond acceptors (Lipinski definition) is 3. The number of nitrogens with zero attached hydrogens (tertiary/aromatic N) is 1. The van der Waals surface area contributed by atoms with Gasteiger partial charge in [0.05, 0.1) is 5.69 Å². The van der Waals surface area contributed by atoms with Gasteiger partial charge in [-0.05, 0) is 81.9 Å². The molecule has 0 saturated heterocycles. The maximum absolute atomic E-state index is 14.5. The molecule has 7 rings (SSSR count). The Morgan fingerprint density at radius 2 is 1.38 bits per heavy atom. The van der Waals surface area contributed by atoms with Crippen molar-refractivity contribution < 1.29 is 0 Å². The molecule has 3 aromatic heterocycles. The standard InChI is InChI=1S/C39H29NOS2.C2H6/c1-5-14-24(6-2)35-22-33-34-23-36(25-15-10-9-11-16-25)43-39(34)40(38(41)37(33)42-35)26-19-20-31-30-18-13-12-17-29(30)27(7-3)28(8-4)32(31)21-26;1-2/h5-23H,3-4H2,1-2H3;1-2H3/b14-5-,24-6+;. The minimum atomic E-state index is 0.000351. The van der Waals surface area contributed by atoms with E-state index in [0.29, 0.717) is 0 Å². The van der Waals surface area contributed by atoms with Gasteiger partial charge in [0.15, 0.2) is 0 Å². The van der Waals surface area contributed by atoms with Crippen molar-refractivity contribution in [2.75, 3.05) is 0 Å². The molecule has 4 heteroatoms. The third-order valence-corrected chi connectivity index (χ3v) is 10.4. The van der Waals surface area contributed by atoms with Crippen molar-refractivity contribution in [3.05, 3.63) is 143 Å². The molecule has 0 fully saturated rings. The van der Waals surface area contributed by atoms with E-state index in [2.05, 4.69) is 104 Å². The first kappa shape index (κ1) is 30.3. The number of rotatable bonds is 6. The molecule has 45 heavy (non-hydrogen) atoms. The summed E-state index contributed by atoms with van der Waals surface area (Å²) in [5, 5.41) is 6.58. The predicted molar refractivity (Wildman–Crippen MR) is 203 cm³/mol. The van der Waals surface area contributed by atoms with Crippen molar-refractivity contribution in [2.24, 2.45) is 0 Å². The van der Waals surface area contributed by atoms with Gasteiger partial charge in [-0.3, -0.25) is 9.36 Å². The number of benzene rings is 4. The predicted octanol–water partition coefficient (Wildman–Crippen LogP) is 12.5. The molecule has 4 aromatic carbocycles. The van der Waals surface area contributed by atoms with Crippen LogP contribution in [0.3, 0.4) is 0 Å². The highest BCUT2D eigenvalue weighted by molar-refractivity contribution is 7.23. The van der Waals surface area contributed by atoms with Crippen LogP contribution < -0.4 is 5.56 Å². The lowest BCUT2D eigenvalue weighted by molar-refractivity contribution is 1.08.